The molecule has 1 heterocycles. The van der Waals surface area contributed by atoms with Crippen LogP contribution in [0.15, 0.2) is 0 Å². The fourth-order valence-electron chi connectivity index (χ4n) is 3.45. The summed E-state index contributed by atoms with van der Waals surface area (Å²) in [5, 5.41) is 12.8. The Balaban J connectivity index is 2.18. The third kappa shape index (κ3) is 2.48. The maximum absolute atomic E-state index is 11.9. The summed E-state index contributed by atoms with van der Waals surface area (Å²) in [6.45, 7) is 8.32. The molecular formula is C14H26N2O2. The van der Waals surface area contributed by atoms with Crippen molar-refractivity contribution in [3.05, 3.63) is 0 Å². The number of hydrogen-bond acceptors (Lipinski definition) is 2. The Morgan fingerprint density at radius 1 is 1.44 bits per heavy atom. The van der Waals surface area contributed by atoms with Gasteiger partial charge in [0.25, 0.3) is 0 Å². The lowest BCUT2D eigenvalue weighted by Gasteiger charge is -2.46. The normalized spacial score (nSPS) is 33.7. The molecule has 1 aliphatic heterocycles. The van der Waals surface area contributed by atoms with Gasteiger partial charge in [0.2, 0.25) is 0 Å². The number of nitrogens with zero attached hydrogens (tertiary/aromatic N) is 1. The van der Waals surface area contributed by atoms with Crippen LogP contribution in [-0.4, -0.2) is 41.3 Å². The summed E-state index contributed by atoms with van der Waals surface area (Å²) in [5.74, 6) is 0.495. The summed E-state index contributed by atoms with van der Waals surface area (Å²) in [4.78, 5) is 13.8. The van der Waals surface area contributed by atoms with Crippen molar-refractivity contribution >= 4 is 6.03 Å². The van der Waals surface area contributed by atoms with Crippen molar-refractivity contribution in [3.63, 3.8) is 0 Å². The van der Waals surface area contributed by atoms with E-state index in [0.29, 0.717) is 5.92 Å². The van der Waals surface area contributed by atoms with E-state index in [1.165, 1.54) is 0 Å². The standard InChI is InChI=1S/C14H26N2O2/c1-4-14(2,3)11-6-5-10(17)9-12(11)16-8-7-15-13(16)18/h10-12,17H,4-9H2,1-3H3,(H,15,18). The number of amides is 2. The molecular weight excluding hydrogens is 228 g/mol. The fourth-order valence-corrected chi connectivity index (χ4v) is 3.45. The van der Waals surface area contributed by atoms with Crippen LogP contribution in [0.4, 0.5) is 4.79 Å². The second-order valence-corrected chi connectivity index (χ2v) is 6.41. The number of aliphatic hydroxyl groups is 1. The SMILES string of the molecule is CCC(C)(C)C1CCC(O)CC1N1CCNC1=O. The lowest BCUT2D eigenvalue weighted by Crippen LogP contribution is -2.51. The van der Waals surface area contributed by atoms with Crippen molar-refractivity contribution < 1.29 is 9.90 Å². The number of nitrogens with one attached hydrogen (secondary N) is 1. The molecule has 3 unspecified atom stereocenters. The molecule has 3 atom stereocenters. The first kappa shape index (κ1) is 13.7. The molecule has 4 nitrogen and oxygen atoms in total. The summed E-state index contributed by atoms with van der Waals surface area (Å²) in [6.07, 6.45) is 3.50. The van der Waals surface area contributed by atoms with Gasteiger partial charge in [-0.1, -0.05) is 27.2 Å². The molecule has 18 heavy (non-hydrogen) atoms. The highest BCUT2D eigenvalue weighted by Gasteiger charge is 2.43. The molecule has 2 rings (SSSR count). The van der Waals surface area contributed by atoms with Crippen LogP contribution >= 0.6 is 0 Å². The molecule has 2 amide bonds. The first-order chi connectivity index (χ1) is 8.45. The summed E-state index contributed by atoms with van der Waals surface area (Å²) in [6, 6.07) is 0.247. The minimum Gasteiger partial charge on any atom is -0.393 e. The fraction of sp³-hybridized carbons (Fsp3) is 0.929. The van der Waals surface area contributed by atoms with Gasteiger partial charge in [-0.05, 0) is 30.6 Å². The predicted octanol–water partition coefficient (Wildman–Crippen LogP) is 1.98. The Morgan fingerprint density at radius 2 is 2.17 bits per heavy atom. The highest BCUT2D eigenvalue weighted by Crippen LogP contribution is 2.42. The Bertz CT molecular complexity index is 317. The van der Waals surface area contributed by atoms with Gasteiger partial charge in [-0.3, -0.25) is 0 Å². The van der Waals surface area contributed by atoms with E-state index in [-0.39, 0.29) is 23.6 Å². The Hall–Kier alpha value is -0.770. The van der Waals surface area contributed by atoms with E-state index in [1.807, 2.05) is 4.90 Å². The van der Waals surface area contributed by atoms with Crippen molar-refractivity contribution in [1.82, 2.24) is 10.2 Å². The van der Waals surface area contributed by atoms with Crippen LogP contribution in [-0.2, 0) is 0 Å². The van der Waals surface area contributed by atoms with E-state index < -0.39 is 0 Å². The average Bonchev–Trinajstić information content (AvgIpc) is 2.75. The van der Waals surface area contributed by atoms with Crippen molar-refractivity contribution in [2.75, 3.05) is 13.1 Å². The van der Waals surface area contributed by atoms with Gasteiger partial charge < -0.3 is 15.3 Å². The van der Waals surface area contributed by atoms with Crippen LogP contribution in [0.3, 0.4) is 0 Å². The summed E-state index contributed by atoms with van der Waals surface area (Å²) >= 11 is 0. The molecule has 0 aromatic heterocycles. The maximum Gasteiger partial charge on any atom is 0.317 e. The quantitative estimate of drug-likeness (QED) is 0.809. The van der Waals surface area contributed by atoms with E-state index in [1.54, 1.807) is 0 Å². The summed E-state index contributed by atoms with van der Waals surface area (Å²) in [5.41, 5.74) is 0.230. The third-order valence-electron chi connectivity index (χ3n) is 4.99. The predicted molar refractivity (Wildman–Crippen MR) is 71.3 cm³/mol. The van der Waals surface area contributed by atoms with Crippen molar-refractivity contribution in [2.24, 2.45) is 11.3 Å². The molecule has 2 N–H and O–H groups in total. The van der Waals surface area contributed by atoms with E-state index in [2.05, 4.69) is 26.1 Å². The largest absolute Gasteiger partial charge is 0.393 e. The summed E-state index contributed by atoms with van der Waals surface area (Å²) < 4.78 is 0. The molecule has 0 spiro atoms. The van der Waals surface area contributed by atoms with Crippen LogP contribution < -0.4 is 5.32 Å². The van der Waals surface area contributed by atoms with E-state index in [0.717, 1.165) is 38.8 Å². The average molecular weight is 254 g/mol. The van der Waals surface area contributed by atoms with Crippen LogP contribution in [0.1, 0.15) is 46.5 Å². The highest BCUT2D eigenvalue weighted by atomic mass is 16.3. The lowest BCUT2D eigenvalue weighted by atomic mass is 9.66. The number of aliphatic hydroxyl groups excluding tert-OH is 1. The molecule has 2 aliphatic rings. The van der Waals surface area contributed by atoms with Crippen LogP contribution in [0.2, 0.25) is 0 Å². The summed E-state index contributed by atoms with van der Waals surface area (Å²) in [7, 11) is 0. The minimum atomic E-state index is -0.243. The zero-order valence-electron chi connectivity index (χ0n) is 11.8. The van der Waals surface area contributed by atoms with Crippen molar-refractivity contribution in [3.8, 4) is 0 Å². The van der Waals surface area contributed by atoms with Gasteiger partial charge in [-0.15, -0.1) is 0 Å². The molecule has 104 valence electrons. The molecule has 4 heteroatoms. The zero-order chi connectivity index (χ0) is 13.3. The molecule has 0 aromatic rings. The van der Waals surface area contributed by atoms with Crippen LogP contribution in [0.25, 0.3) is 0 Å². The second kappa shape index (κ2) is 5.08. The number of carbonyl (C=O) groups is 1. The van der Waals surface area contributed by atoms with E-state index in [9.17, 15) is 9.90 Å². The van der Waals surface area contributed by atoms with Gasteiger partial charge in [0, 0.05) is 19.1 Å². The van der Waals surface area contributed by atoms with Crippen molar-refractivity contribution in [1.29, 1.82) is 0 Å². The van der Waals surface area contributed by atoms with Gasteiger partial charge in [0.1, 0.15) is 0 Å². The third-order valence-corrected chi connectivity index (χ3v) is 4.99. The van der Waals surface area contributed by atoms with Gasteiger partial charge in [-0.2, -0.15) is 0 Å². The smallest absolute Gasteiger partial charge is 0.317 e. The highest BCUT2D eigenvalue weighted by molar-refractivity contribution is 5.76. The zero-order valence-corrected chi connectivity index (χ0v) is 11.8. The van der Waals surface area contributed by atoms with Gasteiger partial charge >= 0.3 is 6.03 Å². The van der Waals surface area contributed by atoms with Gasteiger partial charge in [0.05, 0.1) is 6.10 Å². The van der Waals surface area contributed by atoms with Crippen LogP contribution in [0, 0.1) is 11.3 Å². The molecule has 1 saturated heterocycles. The van der Waals surface area contributed by atoms with Gasteiger partial charge in [0.15, 0.2) is 0 Å². The van der Waals surface area contributed by atoms with Crippen molar-refractivity contribution in [2.45, 2.75) is 58.6 Å². The molecule has 0 aromatic carbocycles. The molecule has 1 aliphatic carbocycles. The Labute approximate surface area is 110 Å². The number of rotatable bonds is 3. The van der Waals surface area contributed by atoms with E-state index in [4.69, 9.17) is 0 Å². The number of hydrogen-bond donors (Lipinski definition) is 2. The number of carbonyl (C=O) groups excluding carboxylic acids is 1. The molecule has 1 saturated carbocycles. The first-order valence-corrected chi connectivity index (χ1v) is 7.18. The lowest BCUT2D eigenvalue weighted by molar-refractivity contribution is 0.00209. The topological polar surface area (TPSA) is 52.6 Å². The van der Waals surface area contributed by atoms with E-state index >= 15 is 0 Å². The van der Waals surface area contributed by atoms with Gasteiger partial charge in [-0.25, -0.2) is 4.79 Å². The Kier molecular flexibility index (Phi) is 3.85. The molecule has 0 radical (unpaired) electrons. The monoisotopic (exact) mass is 254 g/mol. The number of urea groups is 1. The first-order valence-electron chi connectivity index (χ1n) is 7.18. The van der Waals surface area contributed by atoms with Crippen LogP contribution in [0.5, 0.6) is 0 Å². The molecule has 0 bridgehead atoms. The second-order valence-electron chi connectivity index (χ2n) is 6.41. The molecule has 2 fully saturated rings. The minimum absolute atomic E-state index is 0.0472. The Morgan fingerprint density at radius 3 is 2.72 bits per heavy atom. The maximum atomic E-state index is 11.9.